The highest BCUT2D eigenvalue weighted by atomic mass is 16.4. The fraction of sp³-hybridized carbons (Fsp3) is 0.250. The first-order chi connectivity index (χ1) is 9.17. The number of allylic oxidation sites excluding steroid dienone is 2. The molecule has 1 aromatic carbocycles. The van der Waals surface area contributed by atoms with Crippen LogP contribution in [0, 0.1) is 11.3 Å². The molecule has 0 amide bonds. The molecule has 0 radical (unpaired) electrons. The summed E-state index contributed by atoms with van der Waals surface area (Å²) in [7, 11) is 0. The highest BCUT2D eigenvalue weighted by Gasteiger charge is 2.02. The molecule has 98 valence electrons. The van der Waals surface area contributed by atoms with Gasteiger partial charge in [-0.15, -0.1) is 0 Å². The lowest BCUT2D eigenvalue weighted by molar-refractivity contribution is -0.132. The van der Waals surface area contributed by atoms with Crippen molar-refractivity contribution in [2.24, 2.45) is 0 Å². The summed E-state index contributed by atoms with van der Waals surface area (Å²) in [6.45, 7) is 2.17. The summed E-state index contributed by atoms with van der Waals surface area (Å²) in [4.78, 5) is 10.6. The Morgan fingerprint density at radius 1 is 1.37 bits per heavy atom. The molecule has 3 heteroatoms. The zero-order valence-electron chi connectivity index (χ0n) is 11.0. The smallest absolute Gasteiger partial charge is 0.346 e. The van der Waals surface area contributed by atoms with Crippen molar-refractivity contribution in [2.75, 3.05) is 0 Å². The molecule has 1 rings (SSSR count). The van der Waals surface area contributed by atoms with E-state index in [2.05, 4.69) is 19.1 Å². The standard InChI is InChI=1S/C16H17NO2/c1-2-3-5-13-8-10-14(11-9-13)6-4-7-15(12-17)16(18)19/h4,6-11H,2-3,5H2,1H3,(H,18,19). The maximum absolute atomic E-state index is 10.6. The van der Waals surface area contributed by atoms with Crippen LogP contribution in [0.3, 0.4) is 0 Å². The Balaban J connectivity index is 2.68. The first-order valence-electron chi connectivity index (χ1n) is 6.28. The fourth-order valence-electron chi connectivity index (χ4n) is 1.59. The van der Waals surface area contributed by atoms with Gasteiger partial charge in [0.2, 0.25) is 0 Å². The number of carboxylic acids is 1. The van der Waals surface area contributed by atoms with Crippen molar-refractivity contribution < 1.29 is 9.90 Å². The summed E-state index contributed by atoms with van der Waals surface area (Å²) in [5, 5.41) is 17.2. The largest absolute Gasteiger partial charge is 0.477 e. The van der Waals surface area contributed by atoms with Gasteiger partial charge in [0, 0.05) is 0 Å². The van der Waals surface area contributed by atoms with Crippen molar-refractivity contribution in [3.05, 3.63) is 53.1 Å². The van der Waals surface area contributed by atoms with Gasteiger partial charge in [-0.1, -0.05) is 49.8 Å². The Morgan fingerprint density at radius 2 is 2.05 bits per heavy atom. The summed E-state index contributed by atoms with van der Waals surface area (Å²) in [6.07, 6.45) is 8.10. The van der Waals surface area contributed by atoms with Gasteiger partial charge in [-0.05, 0) is 30.0 Å². The number of carbonyl (C=O) groups is 1. The van der Waals surface area contributed by atoms with Gasteiger partial charge in [-0.25, -0.2) is 4.79 Å². The molecule has 0 saturated heterocycles. The van der Waals surface area contributed by atoms with Gasteiger partial charge in [0.1, 0.15) is 11.6 Å². The maximum atomic E-state index is 10.6. The maximum Gasteiger partial charge on any atom is 0.346 e. The van der Waals surface area contributed by atoms with Gasteiger partial charge in [-0.3, -0.25) is 0 Å². The number of nitriles is 1. The molecular formula is C16H17NO2. The predicted octanol–water partition coefficient (Wildman–Crippen LogP) is 3.58. The lowest BCUT2D eigenvalue weighted by Gasteiger charge is -2.00. The number of unbranched alkanes of at least 4 members (excludes halogenated alkanes) is 1. The molecule has 0 aromatic heterocycles. The van der Waals surface area contributed by atoms with Gasteiger partial charge < -0.3 is 5.11 Å². The van der Waals surface area contributed by atoms with Crippen LogP contribution in [-0.4, -0.2) is 11.1 Å². The zero-order valence-corrected chi connectivity index (χ0v) is 11.0. The minimum Gasteiger partial charge on any atom is -0.477 e. The number of aliphatic carboxylic acids is 1. The number of hydrogen-bond acceptors (Lipinski definition) is 2. The third-order valence-corrected chi connectivity index (χ3v) is 2.70. The SMILES string of the molecule is CCCCc1ccc(C=CC=C(C#N)C(=O)O)cc1. The lowest BCUT2D eigenvalue weighted by Crippen LogP contribution is -1.96. The molecule has 0 spiro atoms. The molecule has 0 unspecified atom stereocenters. The molecule has 19 heavy (non-hydrogen) atoms. The number of nitrogens with zero attached hydrogens (tertiary/aromatic N) is 1. The van der Waals surface area contributed by atoms with Crippen LogP contribution >= 0.6 is 0 Å². The highest BCUT2D eigenvalue weighted by Crippen LogP contribution is 2.09. The second-order valence-electron chi connectivity index (χ2n) is 4.20. The molecule has 0 aliphatic heterocycles. The van der Waals surface area contributed by atoms with E-state index in [0.717, 1.165) is 12.0 Å². The van der Waals surface area contributed by atoms with Gasteiger partial charge in [0.15, 0.2) is 0 Å². The van der Waals surface area contributed by atoms with Crippen LogP contribution in [-0.2, 0) is 11.2 Å². The van der Waals surface area contributed by atoms with Gasteiger partial charge in [-0.2, -0.15) is 5.26 Å². The lowest BCUT2D eigenvalue weighted by atomic mass is 10.1. The Kier molecular flexibility index (Phi) is 6.11. The number of carboxylic acid groups (broad SMARTS) is 1. The summed E-state index contributed by atoms with van der Waals surface area (Å²) >= 11 is 0. The van der Waals surface area contributed by atoms with E-state index in [-0.39, 0.29) is 5.57 Å². The van der Waals surface area contributed by atoms with Crippen LogP contribution in [0.2, 0.25) is 0 Å². The molecule has 0 bridgehead atoms. The quantitative estimate of drug-likeness (QED) is 0.480. The molecule has 0 aliphatic carbocycles. The normalized spacial score (nSPS) is 11.5. The zero-order chi connectivity index (χ0) is 14.1. The Hall–Kier alpha value is -2.34. The van der Waals surface area contributed by atoms with E-state index in [4.69, 9.17) is 10.4 Å². The third kappa shape index (κ3) is 5.22. The summed E-state index contributed by atoms with van der Waals surface area (Å²) in [5.41, 5.74) is 2.02. The van der Waals surface area contributed by atoms with Crippen molar-refractivity contribution in [3.8, 4) is 6.07 Å². The van der Waals surface area contributed by atoms with Crippen molar-refractivity contribution >= 4 is 12.0 Å². The van der Waals surface area contributed by atoms with E-state index in [1.54, 1.807) is 18.2 Å². The monoisotopic (exact) mass is 255 g/mol. The van der Waals surface area contributed by atoms with Crippen LogP contribution < -0.4 is 0 Å². The summed E-state index contributed by atoms with van der Waals surface area (Å²) in [5.74, 6) is -1.21. The van der Waals surface area contributed by atoms with E-state index in [1.165, 1.54) is 24.5 Å². The van der Waals surface area contributed by atoms with Crippen LogP contribution in [0.1, 0.15) is 30.9 Å². The molecule has 0 aliphatic rings. The molecule has 0 fully saturated rings. The first kappa shape index (κ1) is 14.7. The van der Waals surface area contributed by atoms with Crippen LogP contribution in [0.4, 0.5) is 0 Å². The van der Waals surface area contributed by atoms with Crippen LogP contribution in [0.5, 0.6) is 0 Å². The fourth-order valence-corrected chi connectivity index (χ4v) is 1.59. The second kappa shape index (κ2) is 7.88. The number of rotatable bonds is 6. The average Bonchev–Trinajstić information content (AvgIpc) is 2.42. The minimum atomic E-state index is -1.21. The first-order valence-corrected chi connectivity index (χ1v) is 6.28. The minimum absolute atomic E-state index is 0.268. The van der Waals surface area contributed by atoms with Crippen LogP contribution in [0.15, 0.2) is 42.0 Å². The predicted molar refractivity (Wildman–Crippen MR) is 75.4 cm³/mol. The topological polar surface area (TPSA) is 61.1 Å². The van der Waals surface area contributed by atoms with Crippen molar-refractivity contribution in [3.63, 3.8) is 0 Å². The summed E-state index contributed by atoms with van der Waals surface area (Å²) in [6, 6.07) is 9.75. The average molecular weight is 255 g/mol. The van der Waals surface area contributed by atoms with E-state index in [9.17, 15) is 4.79 Å². The van der Waals surface area contributed by atoms with Crippen molar-refractivity contribution in [1.82, 2.24) is 0 Å². The van der Waals surface area contributed by atoms with Gasteiger partial charge >= 0.3 is 5.97 Å². The molecule has 1 N–H and O–H groups in total. The molecule has 0 saturated carbocycles. The Labute approximate surface area is 113 Å². The Morgan fingerprint density at radius 3 is 2.58 bits per heavy atom. The number of benzene rings is 1. The third-order valence-electron chi connectivity index (χ3n) is 2.70. The van der Waals surface area contributed by atoms with E-state index < -0.39 is 5.97 Å². The van der Waals surface area contributed by atoms with Crippen molar-refractivity contribution in [2.45, 2.75) is 26.2 Å². The highest BCUT2D eigenvalue weighted by molar-refractivity contribution is 5.91. The van der Waals surface area contributed by atoms with Crippen molar-refractivity contribution in [1.29, 1.82) is 5.26 Å². The number of hydrogen-bond donors (Lipinski definition) is 1. The Bertz CT molecular complexity index is 519. The molecule has 3 nitrogen and oxygen atoms in total. The van der Waals surface area contributed by atoms with E-state index in [0.29, 0.717) is 0 Å². The second-order valence-corrected chi connectivity index (χ2v) is 4.20. The van der Waals surface area contributed by atoms with Gasteiger partial charge in [0.25, 0.3) is 0 Å². The van der Waals surface area contributed by atoms with Crippen LogP contribution in [0.25, 0.3) is 6.08 Å². The number of aryl methyl sites for hydroxylation is 1. The van der Waals surface area contributed by atoms with Gasteiger partial charge in [0.05, 0.1) is 0 Å². The molecule has 0 atom stereocenters. The molecule has 0 heterocycles. The van der Waals surface area contributed by atoms with E-state index >= 15 is 0 Å². The summed E-state index contributed by atoms with van der Waals surface area (Å²) < 4.78 is 0. The van der Waals surface area contributed by atoms with E-state index in [1.807, 2.05) is 12.1 Å². The molecule has 1 aromatic rings. The molecular weight excluding hydrogens is 238 g/mol.